The van der Waals surface area contributed by atoms with Crippen molar-refractivity contribution in [2.75, 3.05) is 18.5 Å². The van der Waals surface area contributed by atoms with Gasteiger partial charge in [-0.1, -0.05) is 23.2 Å². The average molecular weight is 362 g/mol. The van der Waals surface area contributed by atoms with Crippen LogP contribution in [0.5, 0.6) is 11.9 Å². The van der Waals surface area contributed by atoms with Gasteiger partial charge in [0.25, 0.3) is 5.91 Å². The van der Waals surface area contributed by atoms with Crippen LogP contribution in [0, 0.1) is 0 Å². The normalized spacial score (nSPS) is 10.4. The minimum atomic E-state index is -0.415. The van der Waals surface area contributed by atoms with Gasteiger partial charge in [0.1, 0.15) is 10.0 Å². The van der Waals surface area contributed by atoms with Crippen molar-refractivity contribution in [2.45, 2.75) is 13.8 Å². The van der Waals surface area contributed by atoms with Crippen molar-refractivity contribution in [2.24, 2.45) is 0 Å². The van der Waals surface area contributed by atoms with Crippen molar-refractivity contribution < 1.29 is 14.3 Å². The molecule has 22 heavy (non-hydrogen) atoms. The first-order valence-electron chi connectivity index (χ1n) is 6.44. The number of hydrogen-bond donors (Lipinski definition) is 1. The van der Waals surface area contributed by atoms with Crippen LogP contribution >= 0.6 is 34.5 Å². The SMILES string of the molecule is CCOc1ncc(NC(=O)c2cc(Cl)sc2Cl)c(OCC)n1. The number of nitrogens with zero attached hydrogens (tertiary/aromatic N) is 2. The minimum Gasteiger partial charge on any atom is -0.476 e. The van der Waals surface area contributed by atoms with Crippen LogP contribution in [0.3, 0.4) is 0 Å². The van der Waals surface area contributed by atoms with Crippen molar-refractivity contribution in [1.29, 1.82) is 0 Å². The second-order valence-corrected chi connectivity index (χ2v) is 6.22. The van der Waals surface area contributed by atoms with E-state index in [1.807, 2.05) is 13.8 Å². The molecule has 2 rings (SSSR count). The van der Waals surface area contributed by atoms with E-state index in [2.05, 4.69) is 15.3 Å². The summed E-state index contributed by atoms with van der Waals surface area (Å²) >= 11 is 12.9. The number of aromatic nitrogens is 2. The first-order valence-corrected chi connectivity index (χ1v) is 8.01. The van der Waals surface area contributed by atoms with Crippen LogP contribution in [0.1, 0.15) is 24.2 Å². The molecule has 0 unspecified atom stereocenters. The Morgan fingerprint density at radius 2 is 2.05 bits per heavy atom. The number of carbonyl (C=O) groups is 1. The lowest BCUT2D eigenvalue weighted by molar-refractivity contribution is 0.102. The molecule has 0 atom stereocenters. The van der Waals surface area contributed by atoms with Crippen LogP contribution < -0.4 is 14.8 Å². The molecule has 0 saturated carbocycles. The van der Waals surface area contributed by atoms with E-state index in [0.717, 1.165) is 11.3 Å². The summed E-state index contributed by atoms with van der Waals surface area (Å²) in [7, 11) is 0. The Morgan fingerprint density at radius 1 is 1.32 bits per heavy atom. The number of carbonyl (C=O) groups excluding carboxylic acids is 1. The summed E-state index contributed by atoms with van der Waals surface area (Å²) in [6, 6.07) is 1.68. The molecule has 0 aliphatic heterocycles. The second kappa shape index (κ2) is 7.62. The zero-order chi connectivity index (χ0) is 16.1. The van der Waals surface area contributed by atoms with Crippen molar-refractivity contribution >= 4 is 46.1 Å². The molecule has 0 fully saturated rings. The molecule has 0 aliphatic carbocycles. The third-order valence-corrected chi connectivity index (χ3v) is 3.92. The van der Waals surface area contributed by atoms with E-state index in [1.165, 1.54) is 12.3 Å². The van der Waals surface area contributed by atoms with Crippen LogP contribution in [0.2, 0.25) is 8.67 Å². The molecule has 0 spiro atoms. The van der Waals surface area contributed by atoms with Gasteiger partial charge in [0.2, 0.25) is 5.88 Å². The molecule has 2 heterocycles. The largest absolute Gasteiger partial charge is 0.476 e. The molecular formula is C13H13Cl2N3O3S. The Labute approximate surface area is 141 Å². The van der Waals surface area contributed by atoms with Gasteiger partial charge < -0.3 is 14.8 Å². The molecule has 0 aromatic carbocycles. The monoisotopic (exact) mass is 361 g/mol. The smallest absolute Gasteiger partial charge is 0.319 e. The maximum absolute atomic E-state index is 12.2. The zero-order valence-electron chi connectivity index (χ0n) is 11.9. The Morgan fingerprint density at radius 3 is 2.64 bits per heavy atom. The van der Waals surface area contributed by atoms with Gasteiger partial charge in [0.15, 0.2) is 0 Å². The fourth-order valence-corrected chi connectivity index (χ4v) is 3.03. The quantitative estimate of drug-likeness (QED) is 0.844. The molecule has 1 N–H and O–H groups in total. The summed E-state index contributed by atoms with van der Waals surface area (Å²) in [6.07, 6.45) is 1.42. The van der Waals surface area contributed by atoms with E-state index in [4.69, 9.17) is 32.7 Å². The molecule has 0 aliphatic rings. The van der Waals surface area contributed by atoms with Crippen LogP contribution in [0.4, 0.5) is 5.69 Å². The minimum absolute atomic E-state index is 0.181. The first kappa shape index (κ1) is 16.8. The highest BCUT2D eigenvalue weighted by atomic mass is 35.5. The molecular weight excluding hydrogens is 349 g/mol. The lowest BCUT2D eigenvalue weighted by atomic mass is 10.3. The van der Waals surface area contributed by atoms with Crippen LogP contribution in [0.15, 0.2) is 12.3 Å². The molecule has 118 valence electrons. The van der Waals surface area contributed by atoms with Crippen molar-refractivity contribution in [3.63, 3.8) is 0 Å². The highest BCUT2D eigenvalue weighted by molar-refractivity contribution is 7.20. The van der Waals surface area contributed by atoms with Gasteiger partial charge in [-0.15, -0.1) is 11.3 Å². The highest BCUT2D eigenvalue weighted by Crippen LogP contribution is 2.32. The van der Waals surface area contributed by atoms with E-state index in [1.54, 1.807) is 0 Å². The Kier molecular flexibility index (Phi) is 5.82. The predicted molar refractivity (Wildman–Crippen MR) is 86.7 cm³/mol. The van der Waals surface area contributed by atoms with Gasteiger partial charge in [0, 0.05) is 0 Å². The van der Waals surface area contributed by atoms with E-state index in [9.17, 15) is 4.79 Å². The number of rotatable bonds is 6. The van der Waals surface area contributed by atoms with Crippen LogP contribution in [0.25, 0.3) is 0 Å². The van der Waals surface area contributed by atoms with Crippen molar-refractivity contribution in [3.8, 4) is 11.9 Å². The van der Waals surface area contributed by atoms with E-state index in [0.29, 0.717) is 27.6 Å². The third kappa shape index (κ3) is 4.00. The maximum Gasteiger partial charge on any atom is 0.319 e. The maximum atomic E-state index is 12.2. The topological polar surface area (TPSA) is 73.3 Å². The Hall–Kier alpha value is -1.57. The van der Waals surface area contributed by atoms with E-state index < -0.39 is 5.91 Å². The van der Waals surface area contributed by atoms with Crippen molar-refractivity contribution in [3.05, 3.63) is 26.5 Å². The molecule has 2 aromatic rings. The molecule has 6 nitrogen and oxygen atoms in total. The average Bonchev–Trinajstić information content (AvgIpc) is 2.81. The Balaban J connectivity index is 2.24. The number of nitrogens with one attached hydrogen (secondary N) is 1. The molecule has 1 amide bonds. The molecule has 2 aromatic heterocycles. The summed E-state index contributed by atoms with van der Waals surface area (Å²) in [5.41, 5.74) is 0.613. The van der Waals surface area contributed by atoms with Crippen LogP contribution in [-0.2, 0) is 0 Å². The third-order valence-electron chi connectivity index (χ3n) is 2.44. The standard InChI is InChI=1S/C13H13Cl2N3O3S/c1-3-20-12-8(6-16-13(18-12)21-4-2)17-11(19)7-5-9(14)22-10(7)15/h5-6H,3-4H2,1-2H3,(H,17,19). The summed E-state index contributed by atoms with van der Waals surface area (Å²) in [5, 5.41) is 2.65. The molecule has 0 bridgehead atoms. The first-order chi connectivity index (χ1) is 10.5. The number of ether oxygens (including phenoxy) is 2. The van der Waals surface area contributed by atoms with Gasteiger partial charge in [-0.05, 0) is 19.9 Å². The predicted octanol–water partition coefficient (Wildman–Crippen LogP) is 3.89. The highest BCUT2D eigenvalue weighted by Gasteiger charge is 2.17. The lowest BCUT2D eigenvalue weighted by Crippen LogP contribution is -2.14. The van der Waals surface area contributed by atoms with Gasteiger partial charge >= 0.3 is 6.01 Å². The second-order valence-electron chi connectivity index (χ2n) is 3.93. The number of hydrogen-bond acceptors (Lipinski definition) is 6. The van der Waals surface area contributed by atoms with E-state index in [-0.39, 0.29) is 17.5 Å². The number of amides is 1. The number of thiophene rings is 1. The molecule has 9 heteroatoms. The van der Waals surface area contributed by atoms with Gasteiger partial charge in [-0.25, -0.2) is 4.98 Å². The Bertz CT molecular complexity index is 679. The lowest BCUT2D eigenvalue weighted by Gasteiger charge is -2.11. The van der Waals surface area contributed by atoms with Crippen LogP contribution in [-0.4, -0.2) is 29.1 Å². The summed E-state index contributed by atoms with van der Waals surface area (Å²) < 4.78 is 11.3. The van der Waals surface area contributed by atoms with Crippen molar-refractivity contribution in [1.82, 2.24) is 9.97 Å². The summed E-state index contributed by atoms with van der Waals surface area (Å²) in [6.45, 7) is 4.45. The molecule has 0 radical (unpaired) electrons. The number of halogens is 2. The summed E-state index contributed by atoms with van der Waals surface area (Å²) in [4.78, 5) is 20.3. The number of anilines is 1. The fourth-order valence-electron chi connectivity index (χ4n) is 1.57. The fraction of sp³-hybridized carbons (Fsp3) is 0.308. The van der Waals surface area contributed by atoms with Gasteiger partial charge in [-0.2, -0.15) is 4.98 Å². The molecule has 0 saturated heterocycles. The van der Waals surface area contributed by atoms with Gasteiger partial charge in [0.05, 0.1) is 29.3 Å². The summed E-state index contributed by atoms with van der Waals surface area (Å²) in [5.74, 6) is -0.186. The van der Waals surface area contributed by atoms with Gasteiger partial charge in [-0.3, -0.25) is 4.79 Å². The van der Waals surface area contributed by atoms with E-state index >= 15 is 0 Å². The zero-order valence-corrected chi connectivity index (χ0v) is 14.2.